The molecular weight excluding hydrogens is 980 g/mol. The molecule has 2 aliphatic heterocycles. The first-order chi connectivity index (χ1) is 39.5. The molecule has 5 heteroatoms. The minimum Gasteiger partial charge on any atom is -0.310 e. The molecule has 0 spiro atoms. The van der Waals surface area contributed by atoms with Crippen LogP contribution in [0.2, 0.25) is 0 Å². The van der Waals surface area contributed by atoms with Crippen molar-refractivity contribution in [3.8, 4) is 5.69 Å². The van der Waals surface area contributed by atoms with Crippen LogP contribution in [0.25, 0.3) is 136 Å². The van der Waals surface area contributed by atoms with Gasteiger partial charge in [0.2, 0.25) is 0 Å². The summed E-state index contributed by atoms with van der Waals surface area (Å²) in [5.74, 6) is 0. The van der Waals surface area contributed by atoms with Crippen LogP contribution in [0.5, 0.6) is 0 Å². The maximum absolute atomic E-state index is 6.04. The van der Waals surface area contributed by atoms with Crippen LogP contribution >= 0.6 is 0 Å². The summed E-state index contributed by atoms with van der Waals surface area (Å²) in [6.07, 6.45) is 0. The summed E-state index contributed by atoms with van der Waals surface area (Å²) >= 11 is 0. The van der Waals surface area contributed by atoms with E-state index in [0.29, 0.717) is 0 Å². The molecule has 0 unspecified atom stereocenters. The van der Waals surface area contributed by atoms with Crippen molar-refractivity contribution in [1.29, 1.82) is 0 Å². The van der Waals surface area contributed by atoms with E-state index in [-0.39, 0.29) is 17.5 Å². The quantitative estimate of drug-likeness (QED) is 0.0933. The summed E-state index contributed by atoms with van der Waals surface area (Å²) in [5, 5.41) is 22.4. The molecule has 2 aromatic heterocycles. The summed E-state index contributed by atoms with van der Waals surface area (Å²) in [5.41, 5.74) is 16.8. The lowest BCUT2D eigenvalue weighted by Crippen LogP contribution is -2.60. The molecule has 2 aliphatic rings. The molecule has 16 aromatic rings. The zero-order valence-electron chi connectivity index (χ0n) is 46.1. The van der Waals surface area contributed by atoms with Gasteiger partial charge in [-0.25, -0.2) is 9.97 Å². The molecule has 0 fully saturated rings. The molecule has 14 aromatic carbocycles. The predicted octanol–water partition coefficient (Wildman–Crippen LogP) is 18.3. The number of hydrogen-bond donors (Lipinski definition) is 0. The van der Waals surface area contributed by atoms with Gasteiger partial charge in [0, 0.05) is 49.4 Å². The highest BCUT2D eigenvalue weighted by Crippen LogP contribution is 2.51. The highest BCUT2D eigenvalue weighted by Gasteiger charge is 2.45. The monoisotopic (exact) mass is 1030 g/mol. The van der Waals surface area contributed by atoms with Gasteiger partial charge in [-0.1, -0.05) is 224 Å². The fourth-order valence-electron chi connectivity index (χ4n) is 15.1. The van der Waals surface area contributed by atoms with E-state index in [9.17, 15) is 0 Å². The summed E-state index contributed by atoms with van der Waals surface area (Å²) < 4.78 is 2.67. The second kappa shape index (κ2) is 15.6. The van der Waals surface area contributed by atoms with Gasteiger partial charge in [-0.2, -0.15) is 0 Å². The Hall–Kier alpha value is -9.58. The van der Waals surface area contributed by atoms with E-state index in [1.807, 2.05) is 0 Å². The van der Waals surface area contributed by atoms with E-state index in [1.54, 1.807) is 0 Å². The highest BCUT2D eigenvalue weighted by atomic mass is 15.2. The predicted molar refractivity (Wildman–Crippen MR) is 348 cm³/mol. The first kappa shape index (κ1) is 45.3. The molecule has 380 valence electrons. The van der Waals surface area contributed by atoms with Gasteiger partial charge in [-0.15, -0.1) is 0 Å². The fourth-order valence-corrected chi connectivity index (χ4v) is 15.1. The highest BCUT2D eigenvalue weighted by molar-refractivity contribution is 7.01. The van der Waals surface area contributed by atoms with E-state index in [4.69, 9.17) is 9.97 Å². The second-order valence-electron chi connectivity index (χ2n) is 25.1. The smallest absolute Gasteiger partial charge is 0.252 e. The van der Waals surface area contributed by atoms with Crippen LogP contribution in [-0.2, 0) is 10.8 Å². The van der Waals surface area contributed by atoms with Crippen molar-refractivity contribution in [3.05, 3.63) is 223 Å². The number of aromatic nitrogens is 3. The van der Waals surface area contributed by atoms with E-state index in [2.05, 4.69) is 263 Å². The Labute approximate surface area is 468 Å². The van der Waals surface area contributed by atoms with Crippen LogP contribution in [0.15, 0.2) is 212 Å². The average molecular weight is 1030 g/mol. The molecule has 0 bridgehead atoms. The van der Waals surface area contributed by atoms with Gasteiger partial charge in [-0.05, 0) is 133 Å². The normalized spacial score (nSPS) is 13.5. The third-order valence-electron chi connectivity index (χ3n) is 18.7. The summed E-state index contributed by atoms with van der Waals surface area (Å²) in [6, 6.07) is 80.6. The van der Waals surface area contributed by atoms with E-state index < -0.39 is 0 Å². The molecule has 0 amide bonds. The molecule has 18 rings (SSSR count). The van der Waals surface area contributed by atoms with Crippen LogP contribution in [-0.4, -0.2) is 21.2 Å². The third kappa shape index (κ3) is 5.90. The van der Waals surface area contributed by atoms with Gasteiger partial charge in [-0.3, -0.25) is 0 Å². The van der Waals surface area contributed by atoms with E-state index >= 15 is 0 Å². The van der Waals surface area contributed by atoms with Crippen LogP contribution in [0.3, 0.4) is 0 Å². The molecule has 81 heavy (non-hydrogen) atoms. The Morgan fingerprint density at radius 1 is 0.346 bits per heavy atom. The Kier molecular flexibility index (Phi) is 8.74. The van der Waals surface area contributed by atoms with Crippen molar-refractivity contribution in [1.82, 2.24) is 14.5 Å². The second-order valence-corrected chi connectivity index (χ2v) is 25.1. The maximum atomic E-state index is 6.04. The van der Waals surface area contributed by atoms with Crippen molar-refractivity contribution < 1.29 is 0 Å². The molecule has 4 heterocycles. The zero-order chi connectivity index (χ0) is 53.9. The Balaban J connectivity index is 1.13. The maximum Gasteiger partial charge on any atom is 0.252 e. The van der Waals surface area contributed by atoms with Gasteiger partial charge < -0.3 is 9.47 Å². The van der Waals surface area contributed by atoms with Gasteiger partial charge in [0.1, 0.15) is 5.52 Å². The lowest BCUT2D eigenvalue weighted by Gasteiger charge is -2.41. The molecule has 0 saturated heterocycles. The molecule has 0 radical (unpaired) electrons. The summed E-state index contributed by atoms with van der Waals surface area (Å²) in [4.78, 5) is 14.5. The topological polar surface area (TPSA) is 34.0 Å². The minimum absolute atomic E-state index is 0.0253. The van der Waals surface area contributed by atoms with Crippen LogP contribution in [0.1, 0.15) is 52.7 Å². The first-order valence-electron chi connectivity index (χ1n) is 28.7. The van der Waals surface area contributed by atoms with E-state index in [1.165, 1.54) is 125 Å². The molecular formula is C76H53BN4. The van der Waals surface area contributed by atoms with Crippen LogP contribution in [0, 0.1) is 0 Å². The van der Waals surface area contributed by atoms with Crippen molar-refractivity contribution in [2.45, 2.75) is 52.4 Å². The molecule has 0 atom stereocenters. The summed E-state index contributed by atoms with van der Waals surface area (Å²) in [6.45, 7) is 13.8. The fraction of sp³-hybridized carbons (Fsp3) is 0.105. The van der Waals surface area contributed by atoms with E-state index in [0.717, 1.165) is 55.6 Å². The van der Waals surface area contributed by atoms with Crippen molar-refractivity contribution in [3.63, 3.8) is 0 Å². The molecule has 0 N–H and O–H groups in total. The molecule has 0 aliphatic carbocycles. The first-order valence-corrected chi connectivity index (χ1v) is 28.7. The zero-order valence-corrected chi connectivity index (χ0v) is 46.1. The Bertz CT molecular complexity index is 5530. The van der Waals surface area contributed by atoms with Gasteiger partial charge in [0.25, 0.3) is 6.71 Å². The summed E-state index contributed by atoms with van der Waals surface area (Å²) in [7, 11) is 0. The Morgan fingerprint density at radius 2 is 0.802 bits per heavy atom. The number of rotatable bonds is 1. The number of fused-ring (bicyclic) bond motifs is 29. The van der Waals surface area contributed by atoms with Crippen molar-refractivity contribution in [2.75, 3.05) is 4.90 Å². The largest absolute Gasteiger partial charge is 0.310 e. The number of benzene rings is 14. The average Bonchev–Trinajstić information content (AvgIpc) is 2.77. The van der Waals surface area contributed by atoms with Gasteiger partial charge in [0.15, 0.2) is 0 Å². The van der Waals surface area contributed by atoms with Gasteiger partial charge in [0.05, 0.1) is 33.3 Å². The lowest BCUT2D eigenvalue weighted by atomic mass is 9.33. The standard InChI is InChI=1S/C76H53BN4/c1-75(2,3)42-31-34-44(35-32-42)80-62-37-33-43(76(4,5)6)39-59(62)77-60-40-58-52-26-10-8-20-46(52)48-22-12-16-28-54(48)66(58)68-67-63(38-36-55-49-23-9-7-19-45(49)47-21-11-15-27-53(47)65(55)67)81(73(60)68)64-41-61-72(74(80)69(64)77)79-71-57-30-18-14-25-51(57)50-24-13-17-29-56(50)70(71)78-61/h7-41H,1-6H3. The van der Waals surface area contributed by atoms with Crippen LogP contribution in [0.4, 0.5) is 17.1 Å². The molecule has 4 nitrogen and oxygen atoms in total. The van der Waals surface area contributed by atoms with Crippen LogP contribution < -0.4 is 21.3 Å². The number of anilines is 3. The lowest BCUT2D eigenvalue weighted by molar-refractivity contribution is 0.590. The third-order valence-corrected chi connectivity index (χ3v) is 18.7. The SMILES string of the molecule is CC(C)(C)c1ccc(N2c3ccc(C(C)(C)C)cc3B3c4c(cc5nc6c7ccccc7c7ccccc7c6nc5c42)-n2c4ccc5c6ccccc6c6ccccc6c5c4c4c5c6ccccc6c6ccccc6c5cc3c42)cc1. The van der Waals surface area contributed by atoms with Gasteiger partial charge >= 0.3 is 0 Å². The Morgan fingerprint density at radius 3 is 1.36 bits per heavy atom. The van der Waals surface area contributed by atoms with Crippen molar-refractivity contribution in [2.24, 2.45) is 0 Å². The van der Waals surface area contributed by atoms with Crippen molar-refractivity contribution >= 4 is 170 Å². The molecule has 0 saturated carbocycles. The number of hydrogen-bond acceptors (Lipinski definition) is 3. The number of nitrogens with zero attached hydrogens (tertiary/aromatic N) is 4. The minimum atomic E-state index is -0.176.